The molecule has 0 atom stereocenters. The van der Waals surface area contributed by atoms with Gasteiger partial charge in [0.05, 0.1) is 0 Å². The van der Waals surface area contributed by atoms with Gasteiger partial charge in [0.2, 0.25) is 5.91 Å². The first-order valence-corrected chi connectivity index (χ1v) is 3.94. The molecule has 4 heteroatoms. The Morgan fingerprint density at radius 3 is 2.75 bits per heavy atom. The number of amides is 3. The van der Waals surface area contributed by atoms with Crippen molar-refractivity contribution in [1.82, 2.24) is 9.80 Å². The van der Waals surface area contributed by atoms with Crippen LogP contribution < -0.4 is 0 Å². The molecule has 0 aromatic rings. The summed E-state index contributed by atoms with van der Waals surface area (Å²) in [6, 6.07) is -0.253. The molecule has 1 fully saturated rings. The molecular weight excluding hydrogens is 156 g/mol. The molecule has 1 heterocycles. The Morgan fingerprint density at radius 1 is 1.67 bits per heavy atom. The number of nitrogens with zero attached hydrogens (tertiary/aromatic N) is 2. The summed E-state index contributed by atoms with van der Waals surface area (Å²) in [5, 5.41) is 0. The molecule has 0 N–H and O–H groups in total. The molecule has 0 aromatic carbocycles. The van der Waals surface area contributed by atoms with Crippen LogP contribution in [0.5, 0.6) is 0 Å². The maximum absolute atomic E-state index is 11.3. The van der Waals surface area contributed by atoms with E-state index in [1.165, 1.54) is 16.0 Å². The minimum atomic E-state index is -0.253. The van der Waals surface area contributed by atoms with Gasteiger partial charge in [-0.3, -0.25) is 14.6 Å². The molecule has 3 amide bonds. The van der Waals surface area contributed by atoms with E-state index in [1.54, 1.807) is 6.92 Å². The number of hydrogen-bond acceptors (Lipinski definition) is 2. The van der Waals surface area contributed by atoms with Crippen LogP contribution in [0.25, 0.3) is 0 Å². The van der Waals surface area contributed by atoms with Crippen LogP contribution >= 0.6 is 0 Å². The summed E-state index contributed by atoms with van der Waals surface area (Å²) in [5.74, 6) is -0.121. The van der Waals surface area contributed by atoms with E-state index in [4.69, 9.17) is 0 Å². The number of urea groups is 1. The molecule has 0 bridgehead atoms. The van der Waals surface area contributed by atoms with Crippen LogP contribution in [-0.4, -0.2) is 34.8 Å². The van der Waals surface area contributed by atoms with E-state index in [1.807, 2.05) is 0 Å². The van der Waals surface area contributed by atoms with E-state index >= 15 is 0 Å². The van der Waals surface area contributed by atoms with E-state index < -0.39 is 0 Å². The van der Waals surface area contributed by atoms with Crippen molar-refractivity contribution >= 4 is 11.9 Å². The molecule has 4 nitrogen and oxygen atoms in total. The first-order chi connectivity index (χ1) is 5.70. The van der Waals surface area contributed by atoms with E-state index in [9.17, 15) is 9.59 Å². The average molecular weight is 168 g/mol. The molecule has 1 aliphatic rings. The molecule has 0 aromatic heterocycles. The Kier molecular flexibility index (Phi) is 2.47. The van der Waals surface area contributed by atoms with Gasteiger partial charge in [-0.15, -0.1) is 0 Å². The largest absolute Gasteiger partial charge is 0.330 e. The predicted octanol–water partition coefficient (Wildman–Crippen LogP) is 0.804. The number of carbonyl (C=O) groups is 2. The van der Waals surface area contributed by atoms with Crippen LogP contribution in [0.3, 0.4) is 0 Å². The summed E-state index contributed by atoms with van der Waals surface area (Å²) in [6.07, 6.45) is 1.82. The molecule has 66 valence electrons. The third-order valence-electron chi connectivity index (χ3n) is 1.87. The van der Waals surface area contributed by atoms with Gasteiger partial charge in [0.1, 0.15) is 0 Å². The third kappa shape index (κ3) is 1.32. The molecule has 0 unspecified atom stereocenters. The topological polar surface area (TPSA) is 40.6 Å². The van der Waals surface area contributed by atoms with Crippen molar-refractivity contribution in [1.29, 1.82) is 0 Å². The van der Waals surface area contributed by atoms with Crippen LogP contribution in [0.1, 0.15) is 13.3 Å². The van der Waals surface area contributed by atoms with E-state index in [0.29, 0.717) is 19.5 Å². The molecule has 0 spiro atoms. The van der Waals surface area contributed by atoms with Crippen molar-refractivity contribution in [2.45, 2.75) is 13.3 Å². The third-order valence-corrected chi connectivity index (χ3v) is 1.87. The molecular formula is C8H12N2O2. The highest BCUT2D eigenvalue weighted by Crippen LogP contribution is 2.09. The standard InChI is InChI=1S/C8H12N2O2/c1-3-7(11)10-6-5-9(4-2)8(10)12/h4H,2-3,5-6H2,1H3. The zero-order valence-corrected chi connectivity index (χ0v) is 7.12. The van der Waals surface area contributed by atoms with Crippen molar-refractivity contribution in [3.05, 3.63) is 12.8 Å². The Morgan fingerprint density at radius 2 is 2.33 bits per heavy atom. The van der Waals surface area contributed by atoms with Crippen molar-refractivity contribution in [2.75, 3.05) is 13.1 Å². The highest BCUT2D eigenvalue weighted by atomic mass is 16.2. The van der Waals surface area contributed by atoms with Crippen LogP contribution in [-0.2, 0) is 4.79 Å². The maximum atomic E-state index is 11.3. The fourth-order valence-corrected chi connectivity index (χ4v) is 1.15. The number of carbonyl (C=O) groups excluding carboxylic acids is 2. The van der Waals surface area contributed by atoms with E-state index in [-0.39, 0.29) is 11.9 Å². The van der Waals surface area contributed by atoms with Gasteiger partial charge in [-0.25, -0.2) is 4.79 Å². The second-order valence-electron chi connectivity index (χ2n) is 2.56. The van der Waals surface area contributed by atoms with Crippen molar-refractivity contribution in [3.63, 3.8) is 0 Å². The Hall–Kier alpha value is -1.32. The summed E-state index contributed by atoms with van der Waals surface area (Å²) < 4.78 is 0. The second-order valence-corrected chi connectivity index (χ2v) is 2.56. The monoisotopic (exact) mass is 168 g/mol. The molecule has 1 aliphatic heterocycles. The van der Waals surface area contributed by atoms with Gasteiger partial charge in [-0.05, 0) is 0 Å². The summed E-state index contributed by atoms with van der Waals surface area (Å²) in [7, 11) is 0. The SMILES string of the molecule is C=CN1CCN(C(=O)CC)C1=O. The zero-order chi connectivity index (χ0) is 9.14. The summed E-state index contributed by atoms with van der Waals surface area (Å²) in [4.78, 5) is 25.1. The molecule has 0 aliphatic carbocycles. The first kappa shape index (κ1) is 8.77. The number of hydrogen-bond donors (Lipinski definition) is 0. The smallest absolute Gasteiger partial charge is 0.299 e. The van der Waals surface area contributed by atoms with Crippen molar-refractivity contribution in [3.8, 4) is 0 Å². The second kappa shape index (κ2) is 3.38. The van der Waals surface area contributed by atoms with Crippen LogP contribution in [0.2, 0.25) is 0 Å². The average Bonchev–Trinajstić information content (AvgIpc) is 2.45. The van der Waals surface area contributed by atoms with Gasteiger partial charge in [-0.2, -0.15) is 0 Å². The highest BCUT2D eigenvalue weighted by Gasteiger charge is 2.30. The minimum absolute atomic E-state index is 0.121. The molecule has 1 rings (SSSR count). The van der Waals surface area contributed by atoms with Gasteiger partial charge in [0.15, 0.2) is 0 Å². The Labute approximate surface area is 71.4 Å². The summed E-state index contributed by atoms with van der Waals surface area (Å²) >= 11 is 0. The predicted molar refractivity (Wildman–Crippen MR) is 44.3 cm³/mol. The number of rotatable bonds is 2. The van der Waals surface area contributed by atoms with Gasteiger partial charge in [0.25, 0.3) is 0 Å². The highest BCUT2D eigenvalue weighted by molar-refractivity contribution is 5.96. The molecule has 12 heavy (non-hydrogen) atoms. The lowest BCUT2D eigenvalue weighted by molar-refractivity contribution is -0.127. The van der Waals surface area contributed by atoms with Crippen LogP contribution in [0.15, 0.2) is 12.8 Å². The summed E-state index contributed by atoms with van der Waals surface area (Å²) in [6.45, 7) is 6.27. The maximum Gasteiger partial charge on any atom is 0.330 e. The fraction of sp³-hybridized carbons (Fsp3) is 0.500. The van der Waals surface area contributed by atoms with E-state index in [2.05, 4.69) is 6.58 Å². The number of imide groups is 1. The van der Waals surface area contributed by atoms with Gasteiger partial charge < -0.3 is 0 Å². The minimum Gasteiger partial charge on any atom is -0.299 e. The van der Waals surface area contributed by atoms with E-state index in [0.717, 1.165) is 0 Å². The zero-order valence-electron chi connectivity index (χ0n) is 7.12. The van der Waals surface area contributed by atoms with Crippen LogP contribution in [0.4, 0.5) is 4.79 Å². The molecule has 1 saturated heterocycles. The fourth-order valence-electron chi connectivity index (χ4n) is 1.15. The van der Waals surface area contributed by atoms with Gasteiger partial charge >= 0.3 is 6.03 Å². The quantitative estimate of drug-likeness (QED) is 0.612. The summed E-state index contributed by atoms with van der Waals surface area (Å²) in [5.41, 5.74) is 0. The molecule has 0 saturated carbocycles. The molecule has 0 radical (unpaired) electrons. The Bertz CT molecular complexity index is 225. The normalized spacial score (nSPS) is 16.9. The van der Waals surface area contributed by atoms with Gasteiger partial charge in [0, 0.05) is 25.7 Å². The van der Waals surface area contributed by atoms with Gasteiger partial charge in [-0.1, -0.05) is 13.5 Å². The van der Waals surface area contributed by atoms with Crippen LogP contribution in [0, 0.1) is 0 Å². The van der Waals surface area contributed by atoms with Crippen molar-refractivity contribution in [2.24, 2.45) is 0 Å². The Balaban J connectivity index is 2.66. The lowest BCUT2D eigenvalue weighted by Gasteiger charge is -2.12. The first-order valence-electron chi connectivity index (χ1n) is 3.94. The lowest BCUT2D eigenvalue weighted by Crippen LogP contribution is -2.33. The lowest BCUT2D eigenvalue weighted by atomic mass is 10.4. The van der Waals surface area contributed by atoms with Crippen molar-refractivity contribution < 1.29 is 9.59 Å².